The lowest BCUT2D eigenvalue weighted by Crippen LogP contribution is -2.55. The average molecular weight is 281 g/mol. The van der Waals surface area contributed by atoms with Crippen molar-refractivity contribution >= 4 is 5.91 Å². The number of furan rings is 1. The molecule has 0 bridgehead atoms. The molecule has 3 N–H and O–H groups in total. The largest absolute Gasteiger partial charge is 0.465 e. The van der Waals surface area contributed by atoms with Gasteiger partial charge in [0.05, 0.1) is 19.3 Å². The van der Waals surface area contributed by atoms with E-state index in [0.717, 1.165) is 11.5 Å². The van der Waals surface area contributed by atoms with E-state index >= 15 is 0 Å². The van der Waals surface area contributed by atoms with Gasteiger partial charge in [-0.05, 0) is 26.0 Å². The van der Waals surface area contributed by atoms with Gasteiger partial charge in [0.25, 0.3) is 0 Å². The molecule has 2 atom stereocenters. The molecule has 1 aliphatic heterocycles. The molecule has 2 heterocycles. The van der Waals surface area contributed by atoms with E-state index in [0.29, 0.717) is 32.8 Å². The summed E-state index contributed by atoms with van der Waals surface area (Å²) in [4.78, 5) is 14.2. The molecule has 0 aliphatic carbocycles. The van der Waals surface area contributed by atoms with Crippen LogP contribution in [0.25, 0.3) is 0 Å². The van der Waals surface area contributed by atoms with Crippen LogP contribution in [0.3, 0.4) is 0 Å². The summed E-state index contributed by atoms with van der Waals surface area (Å²) in [7, 11) is 0. The van der Waals surface area contributed by atoms with Crippen molar-refractivity contribution < 1.29 is 13.9 Å². The molecule has 0 radical (unpaired) electrons. The van der Waals surface area contributed by atoms with Gasteiger partial charge in [-0.2, -0.15) is 0 Å². The SMILES string of the molecule is CCNC(=O)C1COCCN1C(CN)c1ccc(C)o1. The van der Waals surface area contributed by atoms with Crippen molar-refractivity contribution in [1.29, 1.82) is 0 Å². The van der Waals surface area contributed by atoms with Gasteiger partial charge in [-0.15, -0.1) is 0 Å². The Morgan fingerprint density at radius 3 is 3.00 bits per heavy atom. The Balaban J connectivity index is 2.18. The number of nitrogens with one attached hydrogen (secondary N) is 1. The van der Waals surface area contributed by atoms with Crippen molar-refractivity contribution in [1.82, 2.24) is 10.2 Å². The van der Waals surface area contributed by atoms with Crippen molar-refractivity contribution in [2.45, 2.75) is 25.9 Å². The summed E-state index contributed by atoms with van der Waals surface area (Å²) >= 11 is 0. The van der Waals surface area contributed by atoms with Gasteiger partial charge in [-0.1, -0.05) is 0 Å². The zero-order valence-electron chi connectivity index (χ0n) is 12.1. The Hall–Kier alpha value is -1.37. The number of likely N-dealkylation sites (N-methyl/N-ethyl adjacent to an activating group) is 1. The first-order valence-corrected chi connectivity index (χ1v) is 7.05. The van der Waals surface area contributed by atoms with Crippen LogP contribution in [0.15, 0.2) is 16.5 Å². The van der Waals surface area contributed by atoms with Gasteiger partial charge in [0.1, 0.15) is 17.6 Å². The number of carbonyl (C=O) groups is 1. The van der Waals surface area contributed by atoms with E-state index in [-0.39, 0.29) is 18.0 Å². The van der Waals surface area contributed by atoms with E-state index in [1.807, 2.05) is 26.0 Å². The fourth-order valence-corrected chi connectivity index (χ4v) is 2.56. The molecule has 1 amide bonds. The van der Waals surface area contributed by atoms with Gasteiger partial charge in [0.2, 0.25) is 5.91 Å². The second-order valence-corrected chi connectivity index (χ2v) is 4.92. The molecule has 2 unspecified atom stereocenters. The highest BCUT2D eigenvalue weighted by Gasteiger charge is 2.35. The molecule has 1 fully saturated rings. The number of morpholine rings is 1. The van der Waals surface area contributed by atoms with E-state index < -0.39 is 0 Å². The maximum Gasteiger partial charge on any atom is 0.239 e. The minimum Gasteiger partial charge on any atom is -0.465 e. The van der Waals surface area contributed by atoms with E-state index in [1.54, 1.807) is 0 Å². The van der Waals surface area contributed by atoms with E-state index in [4.69, 9.17) is 14.9 Å². The van der Waals surface area contributed by atoms with Crippen molar-refractivity contribution in [3.05, 3.63) is 23.7 Å². The molecule has 1 aromatic heterocycles. The first-order valence-electron chi connectivity index (χ1n) is 7.05. The molecule has 2 rings (SSSR count). The molecule has 112 valence electrons. The third-order valence-electron chi connectivity index (χ3n) is 3.54. The maximum atomic E-state index is 12.2. The molecular weight excluding hydrogens is 258 g/mol. The van der Waals surface area contributed by atoms with Crippen LogP contribution in [0.4, 0.5) is 0 Å². The molecule has 1 saturated heterocycles. The summed E-state index contributed by atoms with van der Waals surface area (Å²) in [5.41, 5.74) is 5.91. The van der Waals surface area contributed by atoms with Gasteiger partial charge in [0.15, 0.2) is 0 Å². The van der Waals surface area contributed by atoms with E-state index in [2.05, 4.69) is 10.2 Å². The van der Waals surface area contributed by atoms with Crippen LogP contribution in [0, 0.1) is 6.92 Å². The smallest absolute Gasteiger partial charge is 0.239 e. The van der Waals surface area contributed by atoms with Gasteiger partial charge >= 0.3 is 0 Å². The Morgan fingerprint density at radius 1 is 1.60 bits per heavy atom. The fraction of sp³-hybridized carbons (Fsp3) is 0.643. The maximum absolute atomic E-state index is 12.2. The second kappa shape index (κ2) is 6.88. The lowest BCUT2D eigenvalue weighted by Gasteiger charge is -2.38. The average Bonchev–Trinajstić information content (AvgIpc) is 2.87. The number of ether oxygens (including phenoxy) is 1. The molecule has 1 aliphatic rings. The predicted molar refractivity (Wildman–Crippen MR) is 75.2 cm³/mol. The number of hydrogen-bond donors (Lipinski definition) is 2. The quantitative estimate of drug-likeness (QED) is 0.818. The van der Waals surface area contributed by atoms with Crippen LogP contribution in [0.5, 0.6) is 0 Å². The van der Waals surface area contributed by atoms with Crippen molar-refractivity contribution in [2.75, 3.05) is 32.8 Å². The van der Waals surface area contributed by atoms with Crippen molar-refractivity contribution in [3.8, 4) is 0 Å². The number of carbonyl (C=O) groups excluding carboxylic acids is 1. The van der Waals surface area contributed by atoms with Crippen LogP contribution in [0.1, 0.15) is 24.5 Å². The normalized spacial score (nSPS) is 21.6. The molecule has 0 aromatic carbocycles. The zero-order valence-corrected chi connectivity index (χ0v) is 12.1. The zero-order chi connectivity index (χ0) is 14.5. The summed E-state index contributed by atoms with van der Waals surface area (Å²) in [5.74, 6) is 1.64. The van der Waals surface area contributed by atoms with Gasteiger partial charge in [-0.3, -0.25) is 9.69 Å². The molecule has 6 heteroatoms. The van der Waals surface area contributed by atoms with Gasteiger partial charge < -0.3 is 20.2 Å². The predicted octanol–water partition coefficient (Wildman–Crippen LogP) is 0.425. The topological polar surface area (TPSA) is 80.7 Å². The number of nitrogens with zero attached hydrogens (tertiary/aromatic N) is 1. The summed E-state index contributed by atoms with van der Waals surface area (Å²) in [6, 6.07) is 3.43. The van der Waals surface area contributed by atoms with Crippen LogP contribution < -0.4 is 11.1 Å². The Bertz CT molecular complexity index is 447. The lowest BCUT2D eigenvalue weighted by molar-refractivity contribution is -0.134. The molecular formula is C14H23N3O3. The Labute approximate surface area is 119 Å². The van der Waals surface area contributed by atoms with Crippen LogP contribution in [-0.4, -0.2) is 49.7 Å². The number of rotatable bonds is 5. The third kappa shape index (κ3) is 3.20. The molecule has 20 heavy (non-hydrogen) atoms. The first-order chi connectivity index (χ1) is 9.67. The second-order valence-electron chi connectivity index (χ2n) is 4.92. The van der Waals surface area contributed by atoms with Crippen molar-refractivity contribution in [3.63, 3.8) is 0 Å². The number of hydrogen-bond acceptors (Lipinski definition) is 5. The summed E-state index contributed by atoms with van der Waals surface area (Å²) in [6.07, 6.45) is 0. The first kappa shape index (κ1) is 15.0. The number of amides is 1. The van der Waals surface area contributed by atoms with Crippen molar-refractivity contribution in [2.24, 2.45) is 5.73 Å². The minimum absolute atomic E-state index is 0.0195. The molecule has 0 spiro atoms. The summed E-state index contributed by atoms with van der Waals surface area (Å²) < 4.78 is 11.1. The highest BCUT2D eigenvalue weighted by Crippen LogP contribution is 2.25. The molecule has 0 saturated carbocycles. The molecule has 6 nitrogen and oxygen atoms in total. The highest BCUT2D eigenvalue weighted by atomic mass is 16.5. The van der Waals surface area contributed by atoms with Gasteiger partial charge in [0, 0.05) is 19.6 Å². The molecule has 1 aromatic rings. The summed E-state index contributed by atoms with van der Waals surface area (Å²) in [5, 5.41) is 2.85. The number of nitrogens with two attached hydrogens (primary N) is 1. The fourth-order valence-electron chi connectivity index (χ4n) is 2.56. The Kier molecular flexibility index (Phi) is 5.17. The standard InChI is InChI=1S/C14H23N3O3/c1-3-16-14(18)12-9-19-7-6-17(12)11(8-15)13-5-4-10(2)20-13/h4-5,11-12H,3,6-9,15H2,1-2H3,(H,16,18). The van der Waals surface area contributed by atoms with E-state index in [1.165, 1.54) is 0 Å². The number of aryl methyl sites for hydroxylation is 1. The van der Waals surface area contributed by atoms with Crippen LogP contribution in [-0.2, 0) is 9.53 Å². The third-order valence-corrected chi connectivity index (χ3v) is 3.54. The van der Waals surface area contributed by atoms with Gasteiger partial charge in [-0.25, -0.2) is 0 Å². The van der Waals surface area contributed by atoms with E-state index in [9.17, 15) is 4.79 Å². The highest BCUT2D eigenvalue weighted by molar-refractivity contribution is 5.82. The Morgan fingerprint density at radius 2 is 2.40 bits per heavy atom. The monoisotopic (exact) mass is 281 g/mol. The van der Waals surface area contributed by atoms with Crippen LogP contribution in [0.2, 0.25) is 0 Å². The minimum atomic E-state index is -0.317. The lowest BCUT2D eigenvalue weighted by atomic mass is 10.1. The van der Waals surface area contributed by atoms with Crippen LogP contribution >= 0.6 is 0 Å². The summed E-state index contributed by atoms with van der Waals surface area (Å²) in [6.45, 7) is 6.48.